The maximum Gasteiger partial charge on any atom is 0.407 e. The number of alkyl carbamates (subject to hydrolysis) is 1. The molecule has 5 nitrogen and oxygen atoms in total. The minimum Gasteiger partial charge on any atom is -0.444 e. The van der Waals surface area contributed by atoms with E-state index in [-0.39, 0.29) is 12.1 Å². The Bertz CT molecular complexity index is 516. The number of halogens is 1. The van der Waals surface area contributed by atoms with Gasteiger partial charge in [-0.1, -0.05) is 18.0 Å². The Morgan fingerprint density at radius 3 is 2.91 bits per heavy atom. The lowest BCUT2D eigenvalue weighted by atomic mass is 10.0. The van der Waals surface area contributed by atoms with Gasteiger partial charge >= 0.3 is 6.09 Å². The van der Waals surface area contributed by atoms with Gasteiger partial charge in [0, 0.05) is 18.8 Å². The van der Waals surface area contributed by atoms with Gasteiger partial charge in [-0.25, -0.2) is 9.78 Å². The van der Waals surface area contributed by atoms with Crippen LogP contribution < -0.4 is 10.6 Å². The molecule has 2 rings (SSSR count). The fourth-order valence-electron chi connectivity index (χ4n) is 2.69. The van der Waals surface area contributed by atoms with Crippen molar-refractivity contribution in [3.05, 3.63) is 23.5 Å². The summed E-state index contributed by atoms with van der Waals surface area (Å²) in [6.07, 6.45) is 4.58. The first-order valence-corrected chi connectivity index (χ1v) is 8.07. The number of pyridine rings is 1. The van der Waals surface area contributed by atoms with Crippen LogP contribution in [0.5, 0.6) is 0 Å². The molecule has 0 aromatic carbocycles. The molecule has 1 amide bonds. The lowest BCUT2D eigenvalue weighted by molar-refractivity contribution is 0.0519. The van der Waals surface area contributed by atoms with Crippen LogP contribution in [0.2, 0.25) is 5.15 Å². The highest BCUT2D eigenvalue weighted by Crippen LogP contribution is 2.30. The fourth-order valence-corrected chi connectivity index (χ4v) is 2.87. The van der Waals surface area contributed by atoms with Crippen LogP contribution in [0.3, 0.4) is 0 Å². The number of aromatic nitrogens is 1. The molecule has 0 spiro atoms. The molecule has 1 fully saturated rings. The molecule has 2 N–H and O–H groups in total. The van der Waals surface area contributed by atoms with Crippen molar-refractivity contribution in [1.29, 1.82) is 0 Å². The monoisotopic (exact) mass is 325 g/mol. The highest BCUT2D eigenvalue weighted by atomic mass is 35.5. The third-order valence-corrected chi connectivity index (χ3v) is 3.97. The minimum atomic E-state index is -0.472. The highest BCUT2D eigenvalue weighted by molar-refractivity contribution is 6.31. The van der Waals surface area contributed by atoms with Crippen molar-refractivity contribution in [2.24, 2.45) is 5.92 Å². The maximum absolute atomic E-state index is 11.7. The summed E-state index contributed by atoms with van der Waals surface area (Å²) in [7, 11) is 0. The predicted octanol–water partition coefficient (Wildman–Crippen LogP) is 3.84. The molecule has 22 heavy (non-hydrogen) atoms. The first-order chi connectivity index (χ1) is 10.3. The summed E-state index contributed by atoms with van der Waals surface area (Å²) in [4.78, 5) is 15.8. The second kappa shape index (κ2) is 7.18. The molecule has 1 aliphatic rings. The normalized spacial score (nSPS) is 21.5. The molecule has 2 unspecified atom stereocenters. The van der Waals surface area contributed by atoms with Crippen molar-refractivity contribution >= 4 is 23.4 Å². The van der Waals surface area contributed by atoms with Gasteiger partial charge in [0.1, 0.15) is 5.60 Å². The molecule has 2 atom stereocenters. The van der Waals surface area contributed by atoms with E-state index in [0.717, 1.165) is 24.9 Å². The van der Waals surface area contributed by atoms with Crippen molar-refractivity contribution in [2.75, 3.05) is 11.9 Å². The number of hydrogen-bond acceptors (Lipinski definition) is 4. The van der Waals surface area contributed by atoms with Crippen LogP contribution in [0, 0.1) is 5.92 Å². The molecule has 1 saturated carbocycles. The lowest BCUT2D eigenvalue weighted by Crippen LogP contribution is -2.38. The lowest BCUT2D eigenvalue weighted by Gasteiger charge is -2.24. The first-order valence-electron chi connectivity index (χ1n) is 7.69. The number of carbonyl (C=O) groups excluding carboxylic acids is 1. The third kappa shape index (κ3) is 5.05. The van der Waals surface area contributed by atoms with E-state index in [1.807, 2.05) is 32.9 Å². The SMILES string of the molecule is CC(C)(C)OC(=O)NCC1CCCC1Nc1cccnc1Cl. The highest BCUT2D eigenvalue weighted by Gasteiger charge is 2.28. The molecule has 122 valence electrons. The Morgan fingerprint density at radius 1 is 1.45 bits per heavy atom. The molecular formula is C16H24ClN3O2. The molecule has 1 aliphatic carbocycles. The van der Waals surface area contributed by atoms with Crippen LogP contribution in [0.15, 0.2) is 18.3 Å². The average molecular weight is 326 g/mol. The summed E-state index contributed by atoms with van der Waals surface area (Å²) in [5.41, 5.74) is 0.374. The summed E-state index contributed by atoms with van der Waals surface area (Å²) >= 11 is 6.09. The van der Waals surface area contributed by atoms with Crippen LogP contribution in [-0.4, -0.2) is 29.3 Å². The summed E-state index contributed by atoms with van der Waals surface area (Å²) < 4.78 is 5.27. The number of amides is 1. The predicted molar refractivity (Wildman–Crippen MR) is 88.2 cm³/mol. The van der Waals surface area contributed by atoms with Crippen molar-refractivity contribution in [2.45, 2.75) is 51.7 Å². The van der Waals surface area contributed by atoms with Crippen molar-refractivity contribution in [3.8, 4) is 0 Å². The maximum atomic E-state index is 11.7. The van der Waals surface area contributed by atoms with E-state index in [0.29, 0.717) is 17.6 Å². The van der Waals surface area contributed by atoms with Crippen LogP contribution in [0.25, 0.3) is 0 Å². The van der Waals surface area contributed by atoms with E-state index < -0.39 is 5.60 Å². The van der Waals surface area contributed by atoms with Gasteiger partial charge in [-0.05, 0) is 51.7 Å². The van der Waals surface area contributed by atoms with Crippen LogP contribution in [0.4, 0.5) is 10.5 Å². The molecular weight excluding hydrogens is 302 g/mol. The average Bonchev–Trinajstić information content (AvgIpc) is 2.84. The summed E-state index contributed by atoms with van der Waals surface area (Å²) in [5.74, 6) is 0.365. The molecule has 0 bridgehead atoms. The largest absolute Gasteiger partial charge is 0.444 e. The number of hydrogen-bond donors (Lipinski definition) is 2. The van der Waals surface area contributed by atoms with E-state index in [1.54, 1.807) is 6.20 Å². The van der Waals surface area contributed by atoms with Crippen LogP contribution in [-0.2, 0) is 4.74 Å². The quantitative estimate of drug-likeness (QED) is 0.826. The van der Waals surface area contributed by atoms with Crippen molar-refractivity contribution in [3.63, 3.8) is 0 Å². The van der Waals surface area contributed by atoms with E-state index in [1.165, 1.54) is 0 Å². The van der Waals surface area contributed by atoms with Gasteiger partial charge in [-0.2, -0.15) is 0 Å². The summed E-state index contributed by atoms with van der Waals surface area (Å²) in [6.45, 7) is 6.18. The van der Waals surface area contributed by atoms with Gasteiger partial charge in [0.15, 0.2) is 5.15 Å². The Kier molecular flexibility index (Phi) is 5.51. The third-order valence-electron chi connectivity index (χ3n) is 3.67. The molecule has 1 heterocycles. The first kappa shape index (κ1) is 16.9. The van der Waals surface area contributed by atoms with Crippen LogP contribution >= 0.6 is 11.6 Å². The summed E-state index contributed by atoms with van der Waals surface area (Å²) in [5, 5.41) is 6.79. The smallest absolute Gasteiger partial charge is 0.407 e. The Morgan fingerprint density at radius 2 is 2.23 bits per heavy atom. The van der Waals surface area contributed by atoms with Gasteiger partial charge in [-0.3, -0.25) is 0 Å². The van der Waals surface area contributed by atoms with Crippen molar-refractivity contribution < 1.29 is 9.53 Å². The minimum absolute atomic E-state index is 0.289. The number of ether oxygens (including phenoxy) is 1. The van der Waals surface area contributed by atoms with Gasteiger partial charge in [0.2, 0.25) is 0 Å². The number of nitrogens with zero attached hydrogens (tertiary/aromatic N) is 1. The molecule has 1 aromatic rings. The topological polar surface area (TPSA) is 63.2 Å². The van der Waals surface area contributed by atoms with Gasteiger partial charge < -0.3 is 15.4 Å². The number of anilines is 1. The van der Waals surface area contributed by atoms with E-state index in [9.17, 15) is 4.79 Å². The standard InChI is InChI=1S/C16H24ClN3O2/c1-16(2,3)22-15(21)19-10-11-6-4-7-12(11)20-13-8-5-9-18-14(13)17/h5,8-9,11-12,20H,4,6-7,10H2,1-3H3,(H,19,21). The summed E-state index contributed by atoms with van der Waals surface area (Å²) in [6, 6.07) is 4.07. The molecule has 0 aliphatic heterocycles. The van der Waals surface area contributed by atoms with Gasteiger partial charge in [0.25, 0.3) is 0 Å². The Balaban J connectivity index is 1.86. The number of carbonyl (C=O) groups is 1. The Labute approximate surface area is 136 Å². The molecule has 1 aromatic heterocycles. The second-order valence-corrected chi connectivity index (χ2v) is 7.02. The Hall–Kier alpha value is -1.49. The zero-order chi connectivity index (χ0) is 16.2. The zero-order valence-corrected chi connectivity index (χ0v) is 14.1. The second-order valence-electron chi connectivity index (χ2n) is 6.67. The van der Waals surface area contributed by atoms with Crippen LogP contribution in [0.1, 0.15) is 40.0 Å². The zero-order valence-electron chi connectivity index (χ0n) is 13.4. The van der Waals surface area contributed by atoms with Gasteiger partial charge in [0.05, 0.1) is 5.69 Å². The molecule has 6 heteroatoms. The van der Waals surface area contributed by atoms with Gasteiger partial charge in [-0.15, -0.1) is 0 Å². The van der Waals surface area contributed by atoms with E-state index >= 15 is 0 Å². The number of rotatable bonds is 4. The van der Waals surface area contributed by atoms with Crippen molar-refractivity contribution in [1.82, 2.24) is 10.3 Å². The fraction of sp³-hybridized carbons (Fsp3) is 0.625. The van der Waals surface area contributed by atoms with E-state index in [2.05, 4.69) is 15.6 Å². The molecule has 0 radical (unpaired) electrons. The number of nitrogens with one attached hydrogen (secondary N) is 2. The van der Waals surface area contributed by atoms with E-state index in [4.69, 9.17) is 16.3 Å². The molecule has 0 saturated heterocycles.